The molecule has 0 saturated carbocycles. The Balaban J connectivity index is 1.73. The Hall–Kier alpha value is -2.77. The number of hydrogen-bond acceptors (Lipinski definition) is 5. The molecule has 2 aromatic rings. The van der Waals surface area contributed by atoms with Crippen LogP contribution in [0.15, 0.2) is 74.0 Å². The van der Waals surface area contributed by atoms with Crippen molar-refractivity contribution >= 4 is 46.0 Å². The second-order valence-electron chi connectivity index (χ2n) is 7.05. The molecule has 0 fully saturated rings. The normalized spacial score (nSPS) is 22.7. The van der Waals surface area contributed by atoms with Gasteiger partial charge < -0.3 is 15.1 Å². The molecule has 2 aromatic carbocycles. The van der Waals surface area contributed by atoms with E-state index in [0.29, 0.717) is 26.9 Å². The molecular weight excluding hydrogens is 416 g/mol. The van der Waals surface area contributed by atoms with E-state index < -0.39 is 10.8 Å². The number of anilines is 1. The lowest BCUT2D eigenvalue weighted by Crippen LogP contribution is -2.27. The van der Waals surface area contributed by atoms with Crippen molar-refractivity contribution in [2.75, 3.05) is 18.0 Å². The molecule has 0 radical (unpaired) electrons. The Labute approximate surface area is 181 Å². The van der Waals surface area contributed by atoms with Gasteiger partial charge in [0, 0.05) is 17.0 Å². The Kier molecular flexibility index (Phi) is 4.60. The molecule has 0 spiro atoms. The molecule has 1 aliphatic carbocycles. The van der Waals surface area contributed by atoms with E-state index in [-0.39, 0.29) is 17.1 Å². The minimum atomic E-state index is -1.62. The highest BCUT2D eigenvalue weighted by molar-refractivity contribution is 8.05. The maximum Gasteiger partial charge on any atom is 0.281 e. The zero-order chi connectivity index (χ0) is 21.0. The lowest BCUT2D eigenvalue weighted by Gasteiger charge is -2.19. The van der Waals surface area contributed by atoms with Gasteiger partial charge in [-0.15, -0.1) is 0 Å². The van der Waals surface area contributed by atoms with Gasteiger partial charge in [-0.2, -0.15) is 4.58 Å². The van der Waals surface area contributed by atoms with Crippen LogP contribution in [-0.2, 0) is 10.8 Å². The van der Waals surface area contributed by atoms with Crippen LogP contribution in [0.25, 0.3) is 11.5 Å². The Bertz CT molecular complexity index is 1300. The van der Waals surface area contributed by atoms with E-state index in [1.54, 1.807) is 40.6 Å². The van der Waals surface area contributed by atoms with Crippen LogP contribution < -0.4 is 25.6 Å². The molecule has 2 aliphatic heterocycles. The summed E-state index contributed by atoms with van der Waals surface area (Å²) in [6.07, 6.45) is 1.83. The molecule has 0 bridgehead atoms. The van der Waals surface area contributed by atoms with Gasteiger partial charge in [0.25, 0.3) is 5.03 Å². The van der Waals surface area contributed by atoms with Crippen LogP contribution in [0.5, 0.6) is 0 Å². The number of allylic oxidation sites excluding steroid dienone is 1. The fourth-order valence-electron chi connectivity index (χ4n) is 4.04. The van der Waals surface area contributed by atoms with Crippen LogP contribution in [0.1, 0.15) is 13.8 Å². The number of rotatable bonds is 2. The van der Waals surface area contributed by atoms with Crippen molar-refractivity contribution in [3.8, 4) is 0 Å². The molecule has 0 aromatic heterocycles. The van der Waals surface area contributed by atoms with Crippen molar-refractivity contribution in [1.29, 1.82) is 0 Å². The molecule has 0 N–H and O–H groups in total. The summed E-state index contributed by atoms with van der Waals surface area (Å²) in [5.41, 5.74) is 1.12. The van der Waals surface area contributed by atoms with Gasteiger partial charge in [-0.1, -0.05) is 59.7 Å². The molecule has 7 heteroatoms. The number of nitrogens with zero attached hydrogens (tertiary/aromatic N) is 2. The number of benzene rings is 2. The van der Waals surface area contributed by atoms with Crippen LogP contribution >= 0.6 is 11.8 Å². The van der Waals surface area contributed by atoms with Gasteiger partial charge >= 0.3 is 0 Å². The molecule has 5 nitrogen and oxygen atoms in total. The third kappa shape index (κ3) is 2.62. The summed E-state index contributed by atoms with van der Waals surface area (Å²) in [4.78, 5) is 3.88. The van der Waals surface area contributed by atoms with Gasteiger partial charge in [0.05, 0.1) is 5.69 Å². The van der Waals surface area contributed by atoms with Crippen molar-refractivity contribution in [2.45, 2.75) is 18.7 Å². The SMILES string of the molecule is CCN1C(=C2C=[N+](CC)C(=C3C([O-])=c4ccccc4=C3[O-])S2=O)Sc2ccccc21. The van der Waals surface area contributed by atoms with Crippen molar-refractivity contribution < 1.29 is 19.0 Å². The summed E-state index contributed by atoms with van der Waals surface area (Å²) in [7, 11) is -1.62. The highest BCUT2D eigenvalue weighted by Gasteiger charge is 2.40. The molecule has 1 unspecified atom stereocenters. The highest BCUT2D eigenvalue weighted by atomic mass is 32.2. The summed E-state index contributed by atoms with van der Waals surface area (Å²) >= 11 is 1.58. The predicted molar refractivity (Wildman–Crippen MR) is 117 cm³/mol. The third-order valence-electron chi connectivity index (χ3n) is 5.47. The molecule has 30 heavy (non-hydrogen) atoms. The number of hydrogen-bond donors (Lipinski definition) is 0. The smallest absolute Gasteiger partial charge is 0.281 e. The second kappa shape index (κ2) is 7.18. The summed E-state index contributed by atoms with van der Waals surface area (Å²) in [5.74, 6) is -0.682. The average Bonchev–Trinajstić information content (AvgIpc) is 3.38. The summed E-state index contributed by atoms with van der Waals surface area (Å²) in [5, 5.41) is 28.1. The maximum atomic E-state index is 13.7. The van der Waals surface area contributed by atoms with E-state index in [0.717, 1.165) is 22.2 Å². The predicted octanol–water partition coefficient (Wildman–Crippen LogP) is 0.516. The van der Waals surface area contributed by atoms with Crippen LogP contribution in [0.2, 0.25) is 0 Å². The van der Waals surface area contributed by atoms with Crippen molar-refractivity contribution in [2.24, 2.45) is 0 Å². The molecular formula is C23H19N2O3S2-. The number of fused-ring (bicyclic) bond motifs is 2. The largest absolute Gasteiger partial charge is 0.871 e. The standard InChI is InChI=1S/C23H20N2O3S2/c1-3-24-13-18(22-25(4-2)16-11-7-8-12-17(16)29-22)30(28)23(24)19-20(26)14-9-5-6-10-15(14)21(19)27/h5-13H,3-4H2,1-2H3,(H-,26,27)/p-1. The summed E-state index contributed by atoms with van der Waals surface area (Å²) < 4.78 is 15.5. The quantitative estimate of drug-likeness (QED) is 0.644. The summed E-state index contributed by atoms with van der Waals surface area (Å²) in [6, 6.07) is 14.9. The van der Waals surface area contributed by atoms with E-state index in [1.165, 1.54) is 0 Å². The minimum absolute atomic E-state index is 0.0341. The first-order chi connectivity index (χ1) is 14.6. The molecule has 2 heterocycles. The lowest BCUT2D eigenvalue weighted by atomic mass is 10.2. The fourth-order valence-corrected chi connectivity index (χ4v) is 6.99. The lowest BCUT2D eigenvalue weighted by molar-refractivity contribution is -0.454. The van der Waals surface area contributed by atoms with Gasteiger partial charge in [-0.25, -0.2) is 4.21 Å². The zero-order valence-electron chi connectivity index (χ0n) is 16.5. The second-order valence-corrected chi connectivity index (χ2v) is 9.45. The van der Waals surface area contributed by atoms with Crippen LogP contribution in [0.4, 0.5) is 5.69 Å². The van der Waals surface area contributed by atoms with Gasteiger partial charge in [-0.05, 0) is 36.4 Å². The first-order valence-electron chi connectivity index (χ1n) is 9.81. The molecule has 0 saturated heterocycles. The molecule has 152 valence electrons. The van der Waals surface area contributed by atoms with Crippen LogP contribution in [-0.4, -0.2) is 28.1 Å². The van der Waals surface area contributed by atoms with E-state index in [9.17, 15) is 14.4 Å². The van der Waals surface area contributed by atoms with E-state index in [2.05, 4.69) is 17.9 Å². The Morgan fingerprint density at radius 3 is 2.27 bits per heavy atom. The third-order valence-corrected chi connectivity index (χ3v) is 8.29. The van der Waals surface area contributed by atoms with Crippen LogP contribution in [0.3, 0.4) is 0 Å². The van der Waals surface area contributed by atoms with Gasteiger partial charge in [-0.3, -0.25) is 0 Å². The Morgan fingerprint density at radius 1 is 1.00 bits per heavy atom. The molecule has 3 aliphatic rings. The van der Waals surface area contributed by atoms with E-state index in [1.807, 2.05) is 31.3 Å². The van der Waals surface area contributed by atoms with Crippen molar-refractivity contribution in [3.63, 3.8) is 0 Å². The zero-order valence-corrected chi connectivity index (χ0v) is 18.2. The summed E-state index contributed by atoms with van der Waals surface area (Å²) in [6.45, 7) is 5.23. The highest BCUT2D eigenvalue weighted by Crippen LogP contribution is 2.48. The maximum absolute atomic E-state index is 13.7. The number of thioether (sulfide) groups is 1. The monoisotopic (exact) mass is 435 g/mol. The van der Waals surface area contributed by atoms with Gasteiger partial charge in [0.15, 0.2) is 17.0 Å². The van der Waals surface area contributed by atoms with Crippen molar-refractivity contribution in [1.82, 2.24) is 0 Å². The Morgan fingerprint density at radius 2 is 1.63 bits per heavy atom. The van der Waals surface area contributed by atoms with Crippen LogP contribution in [0, 0.1) is 0 Å². The molecule has 5 rings (SSSR count). The van der Waals surface area contributed by atoms with Gasteiger partial charge in [0.2, 0.25) is 0 Å². The van der Waals surface area contributed by atoms with Crippen molar-refractivity contribution in [3.05, 3.63) is 79.5 Å². The average molecular weight is 436 g/mol. The fraction of sp³-hybridized carbons (Fsp3) is 0.174. The van der Waals surface area contributed by atoms with E-state index in [4.69, 9.17) is 0 Å². The molecule has 0 amide bonds. The minimum Gasteiger partial charge on any atom is -0.871 e. The van der Waals surface area contributed by atoms with Gasteiger partial charge in [0.1, 0.15) is 16.5 Å². The topological polar surface area (TPSA) is 69.4 Å². The number of para-hydroxylation sites is 1. The molecule has 1 atom stereocenters. The van der Waals surface area contributed by atoms with E-state index >= 15 is 0 Å². The first-order valence-corrected chi connectivity index (χ1v) is 11.8. The first kappa shape index (κ1) is 19.2.